The third-order valence-electron chi connectivity index (χ3n) is 6.26. The maximum Gasteiger partial charge on any atom is 0.308 e. The first-order valence-electron chi connectivity index (χ1n) is 10.6. The van der Waals surface area contributed by atoms with E-state index in [-0.39, 0.29) is 0 Å². The zero-order valence-electron chi connectivity index (χ0n) is 19.6. The highest BCUT2D eigenvalue weighted by molar-refractivity contribution is 5.74. The van der Waals surface area contributed by atoms with Crippen LogP contribution < -0.4 is 18.9 Å². The molecular formula is C27H30O6. The topological polar surface area (TPSA) is 74.2 Å². The Morgan fingerprint density at radius 1 is 0.758 bits per heavy atom. The molecule has 0 heterocycles. The van der Waals surface area contributed by atoms with Crippen LogP contribution in [0.3, 0.4) is 0 Å². The summed E-state index contributed by atoms with van der Waals surface area (Å²) >= 11 is 0. The Morgan fingerprint density at radius 2 is 1.24 bits per heavy atom. The zero-order valence-corrected chi connectivity index (χ0v) is 19.6. The molecule has 1 atom stereocenters. The Hall–Kier alpha value is -3.67. The van der Waals surface area contributed by atoms with Crippen LogP contribution in [0.25, 0.3) is 0 Å². The quantitative estimate of drug-likeness (QED) is 0.470. The van der Waals surface area contributed by atoms with E-state index >= 15 is 0 Å². The molecule has 0 aliphatic carbocycles. The van der Waals surface area contributed by atoms with Crippen molar-refractivity contribution in [2.45, 2.75) is 18.8 Å². The van der Waals surface area contributed by atoms with Gasteiger partial charge in [-0.25, -0.2) is 0 Å². The summed E-state index contributed by atoms with van der Waals surface area (Å²) in [5, 5.41) is 10.4. The van der Waals surface area contributed by atoms with Gasteiger partial charge in [0.25, 0.3) is 0 Å². The van der Waals surface area contributed by atoms with Gasteiger partial charge in [-0.05, 0) is 59.5 Å². The van der Waals surface area contributed by atoms with E-state index in [0.29, 0.717) is 29.4 Å². The van der Waals surface area contributed by atoms with Crippen LogP contribution in [0.4, 0.5) is 0 Å². The summed E-state index contributed by atoms with van der Waals surface area (Å²) in [5.41, 5.74) is 1.76. The van der Waals surface area contributed by atoms with Crippen molar-refractivity contribution in [1.29, 1.82) is 0 Å². The van der Waals surface area contributed by atoms with Crippen LogP contribution in [-0.4, -0.2) is 39.5 Å². The number of methoxy groups -OCH3 is 4. The average Bonchev–Trinajstić information content (AvgIpc) is 2.86. The third kappa shape index (κ3) is 4.90. The predicted octanol–water partition coefficient (Wildman–Crippen LogP) is 4.97. The number of rotatable bonds is 10. The number of carboxylic acids is 1. The van der Waals surface area contributed by atoms with Crippen molar-refractivity contribution >= 4 is 5.97 Å². The first-order chi connectivity index (χ1) is 15.9. The molecule has 0 aliphatic rings. The largest absolute Gasteiger partial charge is 0.497 e. The molecule has 0 aromatic heterocycles. The molecule has 0 amide bonds. The van der Waals surface area contributed by atoms with Gasteiger partial charge < -0.3 is 24.1 Å². The van der Waals surface area contributed by atoms with Gasteiger partial charge in [0.15, 0.2) is 11.5 Å². The second kappa shape index (κ2) is 10.3. The number of hydrogen-bond donors (Lipinski definition) is 1. The summed E-state index contributed by atoms with van der Waals surface area (Å²) in [6, 6.07) is 20.6. The number of benzene rings is 3. The molecule has 0 spiro atoms. The maximum absolute atomic E-state index is 12.7. The van der Waals surface area contributed by atoms with Crippen LogP contribution in [0.15, 0.2) is 66.7 Å². The lowest BCUT2D eigenvalue weighted by atomic mass is 9.65. The molecule has 0 unspecified atom stereocenters. The van der Waals surface area contributed by atoms with E-state index in [1.807, 2.05) is 67.6 Å². The van der Waals surface area contributed by atoms with Gasteiger partial charge in [0.1, 0.15) is 11.5 Å². The van der Waals surface area contributed by atoms with Gasteiger partial charge in [0.05, 0.1) is 34.4 Å². The highest BCUT2D eigenvalue weighted by Gasteiger charge is 2.42. The minimum Gasteiger partial charge on any atom is -0.497 e. The average molecular weight is 451 g/mol. The van der Waals surface area contributed by atoms with Gasteiger partial charge in [-0.1, -0.05) is 37.3 Å². The molecule has 0 fully saturated rings. The molecule has 0 saturated carbocycles. The molecule has 0 radical (unpaired) electrons. The standard InChI is InChI=1S/C27H30O6/c1-27(19-7-11-21(30-2)12-8-19,20-9-13-22(31-3)14-10-20)23(26(28)29)16-18-6-15-24(32-4)25(17-18)33-5/h6-15,17,23H,16H2,1-5H3,(H,28,29)/t23-/m1/s1. The van der Waals surface area contributed by atoms with Crippen LogP contribution in [0, 0.1) is 5.92 Å². The zero-order chi connectivity index (χ0) is 24.0. The molecule has 3 rings (SSSR count). The number of ether oxygens (including phenoxy) is 4. The number of hydrogen-bond acceptors (Lipinski definition) is 5. The Bertz CT molecular complexity index is 1030. The summed E-state index contributed by atoms with van der Waals surface area (Å²) in [7, 11) is 6.35. The molecule has 0 bridgehead atoms. The van der Waals surface area contributed by atoms with Crippen molar-refractivity contribution < 1.29 is 28.8 Å². The Balaban J connectivity index is 2.13. The van der Waals surface area contributed by atoms with E-state index < -0.39 is 17.3 Å². The summed E-state index contributed by atoms with van der Waals surface area (Å²) < 4.78 is 21.4. The van der Waals surface area contributed by atoms with Crippen LogP contribution in [0.5, 0.6) is 23.0 Å². The van der Waals surface area contributed by atoms with Crippen molar-refractivity contribution in [2.75, 3.05) is 28.4 Å². The molecule has 0 aliphatic heterocycles. The van der Waals surface area contributed by atoms with Crippen molar-refractivity contribution in [3.63, 3.8) is 0 Å². The summed E-state index contributed by atoms with van der Waals surface area (Å²) in [5.74, 6) is 0.928. The van der Waals surface area contributed by atoms with E-state index in [9.17, 15) is 9.90 Å². The van der Waals surface area contributed by atoms with Gasteiger partial charge in [0, 0.05) is 5.41 Å². The van der Waals surface area contributed by atoms with E-state index in [1.165, 1.54) is 0 Å². The second-order valence-electron chi connectivity index (χ2n) is 7.94. The maximum atomic E-state index is 12.7. The molecule has 6 nitrogen and oxygen atoms in total. The van der Waals surface area contributed by atoms with Crippen LogP contribution in [-0.2, 0) is 16.6 Å². The molecule has 3 aromatic carbocycles. The Morgan fingerprint density at radius 3 is 1.64 bits per heavy atom. The monoisotopic (exact) mass is 450 g/mol. The molecule has 6 heteroatoms. The minimum atomic E-state index is -0.890. The number of carboxylic acid groups (broad SMARTS) is 1. The summed E-state index contributed by atoms with van der Waals surface area (Å²) in [6.07, 6.45) is 0.296. The minimum absolute atomic E-state index is 0.296. The predicted molar refractivity (Wildman–Crippen MR) is 127 cm³/mol. The Kier molecular flexibility index (Phi) is 7.48. The van der Waals surface area contributed by atoms with Crippen molar-refractivity contribution in [3.05, 3.63) is 83.4 Å². The lowest BCUT2D eigenvalue weighted by Crippen LogP contribution is -2.40. The van der Waals surface area contributed by atoms with Crippen molar-refractivity contribution in [2.24, 2.45) is 5.92 Å². The van der Waals surface area contributed by atoms with E-state index in [4.69, 9.17) is 18.9 Å². The van der Waals surface area contributed by atoms with Gasteiger partial charge >= 0.3 is 5.97 Å². The van der Waals surface area contributed by atoms with Gasteiger partial charge in [0.2, 0.25) is 0 Å². The molecule has 174 valence electrons. The van der Waals surface area contributed by atoms with Crippen LogP contribution in [0.2, 0.25) is 0 Å². The fourth-order valence-corrected chi connectivity index (χ4v) is 4.23. The lowest BCUT2D eigenvalue weighted by Gasteiger charge is -2.37. The molecular weight excluding hydrogens is 420 g/mol. The number of aliphatic carboxylic acids is 1. The normalized spacial score (nSPS) is 12.0. The molecule has 0 saturated heterocycles. The van der Waals surface area contributed by atoms with E-state index in [2.05, 4.69) is 0 Å². The first-order valence-corrected chi connectivity index (χ1v) is 10.6. The molecule has 3 aromatic rings. The third-order valence-corrected chi connectivity index (χ3v) is 6.26. The van der Waals surface area contributed by atoms with Crippen LogP contribution in [0.1, 0.15) is 23.6 Å². The van der Waals surface area contributed by atoms with Gasteiger partial charge in [-0.3, -0.25) is 4.79 Å². The molecule has 1 N–H and O–H groups in total. The van der Waals surface area contributed by atoms with Crippen LogP contribution >= 0.6 is 0 Å². The highest BCUT2D eigenvalue weighted by atomic mass is 16.5. The van der Waals surface area contributed by atoms with Gasteiger partial charge in [-0.2, -0.15) is 0 Å². The summed E-state index contributed by atoms with van der Waals surface area (Å²) in [6.45, 7) is 1.97. The first kappa shape index (κ1) is 24.0. The lowest BCUT2D eigenvalue weighted by molar-refractivity contribution is -0.143. The number of carbonyl (C=O) groups is 1. The fourth-order valence-electron chi connectivity index (χ4n) is 4.23. The SMILES string of the molecule is COc1ccc(C(C)(c2ccc(OC)cc2)[C@H](Cc2ccc(OC)c(OC)c2)C(=O)O)cc1. The van der Waals surface area contributed by atoms with Gasteiger partial charge in [-0.15, -0.1) is 0 Å². The summed E-state index contributed by atoms with van der Waals surface area (Å²) in [4.78, 5) is 12.7. The second-order valence-corrected chi connectivity index (χ2v) is 7.94. The Labute approximate surface area is 194 Å². The molecule has 33 heavy (non-hydrogen) atoms. The van der Waals surface area contributed by atoms with Crippen molar-refractivity contribution in [3.8, 4) is 23.0 Å². The van der Waals surface area contributed by atoms with E-state index in [1.54, 1.807) is 34.5 Å². The highest BCUT2D eigenvalue weighted by Crippen LogP contribution is 2.42. The van der Waals surface area contributed by atoms with Crippen molar-refractivity contribution in [1.82, 2.24) is 0 Å². The smallest absolute Gasteiger partial charge is 0.308 e. The van der Waals surface area contributed by atoms with E-state index in [0.717, 1.165) is 16.7 Å². The fraction of sp³-hybridized carbons (Fsp3) is 0.296.